The van der Waals surface area contributed by atoms with E-state index in [-0.39, 0.29) is 0 Å². The van der Waals surface area contributed by atoms with Gasteiger partial charge in [0.2, 0.25) is 0 Å². The topological polar surface area (TPSA) is 58.6 Å². The molecule has 1 aromatic carbocycles. The van der Waals surface area contributed by atoms with Crippen molar-refractivity contribution >= 4 is 5.97 Å². The maximum absolute atomic E-state index is 10.8. The van der Waals surface area contributed by atoms with Crippen LogP contribution in [0.1, 0.15) is 18.9 Å². The van der Waals surface area contributed by atoms with Crippen LogP contribution in [0.3, 0.4) is 0 Å². The summed E-state index contributed by atoms with van der Waals surface area (Å²) in [5.41, 5.74) is 1.49. The normalized spacial score (nSPS) is 11.3. The summed E-state index contributed by atoms with van der Waals surface area (Å²) in [6.07, 6.45) is 2.24. The number of carboxylic acids is 1. The largest absolute Gasteiger partial charge is 0.496 e. The van der Waals surface area contributed by atoms with Crippen LogP contribution in [0.5, 0.6) is 5.75 Å². The molecular formula is C14H19NO3. The monoisotopic (exact) mass is 249 g/mol. The van der Waals surface area contributed by atoms with Gasteiger partial charge in [-0.1, -0.05) is 31.2 Å². The van der Waals surface area contributed by atoms with Crippen molar-refractivity contribution in [2.75, 3.05) is 13.7 Å². The van der Waals surface area contributed by atoms with Crippen LogP contribution in [0.25, 0.3) is 0 Å². The highest BCUT2D eigenvalue weighted by Gasteiger charge is 2.03. The average molecular weight is 249 g/mol. The van der Waals surface area contributed by atoms with Crippen molar-refractivity contribution < 1.29 is 14.6 Å². The number of benzene rings is 1. The maximum atomic E-state index is 10.8. The van der Waals surface area contributed by atoms with Gasteiger partial charge in [0.1, 0.15) is 5.75 Å². The number of nitrogens with one attached hydrogen (secondary N) is 1. The summed E-state index contributed by atoms with van der Waals surface area (Å²) < 4.78 is 5.23. The predicted molar refractivity (Wildman–Crippen MR) is 70.7 cm³/mol. The van der Waals surface area contributed by atoms with E-state index in [4.69, 9.17) is 9.84 Å². The Balaban J connectivity index is 2.49. The minimum Gasteiger partial charge on any atom is -0.496 e. The van der Waals surface area contributed by atoms with Gasteiger partial charge in [0, 0.05) is 24.2 Å². The fraction of sp³-hybridized carbons (Fsp3) is 0.357. The van der Waals surface area contributed by atoms with E-state index in [0.717, 1.165) is 11.3 Å². The van der Waals surface area contributed by atoms with Crippen LogP contribution >= 0.6 is 0 Å². The van der Waals surface area contributed by atoms with Gasteiger partial charge in [-0.15, -0.1) is 0 Å². The van der Waals surface area contributed by atoms with Gasteiger partial charge in [-0.05, 0) is 12.5 Å². The van der Waals surface area contributed by atoms with Gasteiger partial charge in [0.05, 0.1) is 7.11 Å². The Kier molecular flexibility index (Phi) is 5.94. The van der Waals surface area contributed by atoms with E-state index in [2.05, 4.69) is 5.32 Å². The zero-order valence-corrected chi connectivity index (χ0v) is 10.8. The van der Waals surface area contributed by atoms with Gasteiger partial charge in [-0.2, -0.15) is 0 Å². The zero-order valence-electron chi connectivity index (χ0n) is 10.8. The van der Waals surface area contributed by atoms with Crippen LogP contribution in [0.15, 0.2) is 35.9 Å². The third-order valence-electron chi connectivity index (χ3n) is 2.66. The zero-order chi connectivity index (χ0) is 13.4. The molecule has 0 heterocycles. The number of ether oxygens (including phenoxy) is 1. The number of carboxylic acid groups (broad SMARTS) is 1. The van der Waals surface area contributed by atoms with E-state index in [0.29, 0.717) is 25.1 Å². The minimum atomic E-state index is -0.850. The molecule has 4 heteroatoms. The van der Waals surface area contributed by atoms with Gasteiger partial charge < -0.3 is 15.2 Å². The molecule has 0 saturated carbocycles. The number of hydrogen-bond acceptors (Lipinski definition) is 3. The number of aliphatic carboxylic acids is 1. The quantitative estimate of drug-likeness (QED) is 0.574. The van der Waals surface area contributed by atoms with E-state index in [1.54, 1.807) is 13.2 Å². The summed E-state index contributed by atoms with van der Waals surface area (Å²) >= 11 is 0. The second-order valence-electron chi connectivity index (χ2n) is 3.83. The lowest BCUT2D eigenvalue weighted by Crippen LogP contribution is -2.15. The number of rotatable bonds is 7. The summed E-state index contributed by atoms with van der Waals surface area (Å²) in [4.78, 5) is 10.8. The van der Waals surface area contributed by atoms with Gasteiger partial charge in [0.15, 0.2) is 0 Å². The maximum Gasteiger partial charge on any atom is 0.331 e. The third kappa shape index (κ3) is 4.22. The molecule has 0 amide bonds. The van der Waals surface area contributed by atoms with Gasteiger partial charge in [-0.25, -0.2) is 4.79 Å². The Hall–Kier alpha value is -1.81. The van der Waals surface area contributed by atoms with Crippen LogP contribution in [-0.2, 0) is 11.3 Å². The van der Waals surface area contributed by atoms with Gasteiger partial charge >= 0.3 is 5.97 Å². The highest BCUT2D eigenvalue weighted by Crippen LogP contribution is 2.16. The molecule has 0 unspecified atom stereocenters. The first kappa shape index (κ1) is 14.3. The summed E-state index contributed by atoms with van der Waals surface area (Å²) in [7, 11) is 1.64. The SMILES string of the molecule is CC/C(=C/CNCc1ccccc1OC)C(=O)O. The first-order valence-corrected chi connectivity index (χ1v) is 5.94. The number of hydrogen-bond donors (Lipinski definition) is 2. The highest BCUT2D eigenvalue weighted by atomic mass is 16.5. The molecule has 0 radical (unpaired) electrons. The molecule has 0 aliphatic heterocycles. The lowest BCUT2D eigenvalue weighted by atomic mass is 10.2. The molecule has 0 saturated heterocycles. The number of para-hydroxylation sites is 1. The molecule has 0 aromatic heterocycles. The van der Waals surface area contributed by atoms with Crippen molar-refractivity contribution in [3.05, 3.63) is 41.5 Å². The van der Waals surface area contributed by atoms with E-state index < -0.39 is 5.97 Å². The molecule has 18 heavy (non-hydrogen) atoms. The molecule has 4 nitrogen and oxygen atoms in total. The summed E-state index contributed by atoms with van der Waals surface area (Å²) in [5.74, 6) is -0.0143. The average Bonchev–Trinajstić information content (AvgIpc) is 2.38. The van der Waals surface area contributed by atoms with Crippen LogP contribution in [-0.4, -0.2) is 24.7 Å². The molecule has 98 valence electrons. The molecule has 0 bridgehead atoms. The Morgan fingerprint density at radius 1 is 1.44 bits per heavy atom. The van der Waals surface area contributed by atoms with Crippen molar-refractivity contribution in [1.82, 2.24) is 5.32 Å². The van der Waals surface area contributed by atoms with Crippen molar-refractivity contribution in [2.45, 2.75) is 19.9 Å². The molecule has 0 aliphatic carbocycles. The Bertz CT molecular complexity index is 427. The standard InChI is InChI=1S/C14H19NO3/c1-3-11(14(16)17)8-9-15-10-12-6-4-5-7-13(12)18-2/h4-8,15H,3,9-10H2,1-2H3,(H,16,17)/b11-8-. The minimum absolute atomic E-state index is 0.433. The van der Waals surface area contributed by atoms with Crippen molar-refractivity contribution in [2.24, 2.45) is 0 Å². The number of methoxy groups -OCH3 is 1. The molecule has 2 N–H and O–H groups in total. The summed E-state index contributed by atoms with van der Waals surface area (Å²) in [6, 6.07) is 7.75. The smallest absolute Gasteiger partial charge is 0.331 e. The lowest BCUT2D eigenvalue weighted by molar-refractivity contribution is -0.132. The molecule has 0 atom stereocenters. The van der Waals surface area contributed by atoms with Crippen LogP contribution < -0.4 is 10.1 Å². The summed E-state index contributed by atoms with van der Waals surface area (Å²) in [6.45, 7) is 3.02. The number of carbonyl (C=O) groups is 1. The lowest BCUT2D eigenvalue weighted by Gasteiger charge is -2.08. The first-order chi connectivity index (χ1) is 8.69. The van der Waals surface area contributed by atoms with Crippen LogP contribution in [0.2, 0.25) is 0 Å². The van der Waals surface area contributed by atoms with Crippen molar-refractivity contribution in [3.63, 3.8) is 0 Å². The molecule has 1 aromatic rings. The Morgan fingerprint density at radius 3 is 2.78 bits per heavy atom. The van der Waals surface area contributed by atoms with Crippen molar-refractivity contribution in [3.8, 4) is 5.75 Å². The molecular weight excluding hydrogens is 230 g/mol. The fourth-order valence-corrected chi connectivity index (χ4v) is 1.63. The van der Waals surface area contributed by atoms with Crippen LogP contribution in [0, 0.1) is 0 Å². The van der Waals surface area contributed by atoms with Gasteiger partial charge in [0.25, 0.3) is 0 Å². The molecule has 0 spiro atoms. The van der Waals surface area contributed by atoms with Crippen molar-refractivity contribution in [1.29, 1.82) is 0 Å². The first-order valence-electron chi connectivity index (χ1n) is 5.94. The molecule has 0 fully saturated rings. The molecule has 0 aliphatic rings. The van der Waals surface area contributed by atoms with E-state index >= 15 is 0 Å². The second kappa shape index (κ2) is 7.50. The van der Waals surface area contributed by atoms with Crippen LogP contribution in [0.4, 0.5) is 0 Å². The fourth-order valence-electron chi connectivity index (χ4n) is 1.63. The second-order valence-corrected chi connectivity index (χ2v) is 3.83. The predicted octanol–water partition coefficient (Wildman–Crippen LogP) is 2.21. The third-order valence-corrected chi connectivity index (χ3v) is 2.66. The van der Waals surface area contributed by atoms with E-state index in [1.807, 2.05) is 31.2 Å². The highest BCUT2D eigenvalue weighted by molar-refractivity contribution is 5.86. The van der Waals surface area contributed by atoms with Gasteiger partial charge in [-0.3, -0.25) is 0 Å². The van der Waals surface area contributed by atoms with E-state index in [9.17, 15) is 4.79 Å². The van der Waals surface area contributed by atoms with E-state index in [1.165, 1.54) is 0 Å². The summed E-state index contributed by atoms with van der Waals surface area (Å²) in [5, 5.41) is 12.0. The Morgan fingerprint density at radius 2 is 2.17 bits per heavy atom. The molecule has 1 rings (SSSR count). The Labute approximate surface area is 107 Å².